The van der Waals surface area contributed by atoms with E-state index in [-0.39, 0.29) is 4.83 Å². The van der Waals surface area contributed by atoms with E-state index in [0.717, 1.165) is 11.4 Å². The number of nitrogens with zero attached hydrogens (tertiary/aromatic N) is 2. The Balaban J connectivity index is 3.12. The van der Waals surface area contributed by atoms with Gasteiger partial charge in [-0.05, 0) is 20.3 Å². The molecule has 0 saturated heterocycles. The SMILES string of the molecule is CCC(Br)c1nnc(C(C)(C)S(C)(=O)=O)s1. The summed E-state index contributed by atoms with van der Waals surface area (Å²) in [6.07, 6.45) is 2.12. The van der Waals surface area contributed by atoms with Crippen molar-refractivity contribution in [1.29, 1.82) is 0 Å². The van der Waals surface area contributed by atoms with Crippen LogP contribution in [0.15, 0.2) is 0 Å². The van der Waals surface area contributed by atoms with E-state index >= 15 is 0 Å². The highest BCUT2D eigenvalue weighted by atomic mass is 79.9. The van der Waals surface area contributed by atoms with Gasteiger partial charge in [0.1, 0.15) is 14.8 Å². The molecule has 0 N–H and O–H groups in total. The first-order valence-electron chi connectivity index (χ1n) is 4.87. The lowest BCUT2D eigenvalue weighted by Gasteiger charge is -2.18. The molecule has 0 spiro atoms. The molecule has 7 heteroatoms. The number of hydrogen-bond donors (Lipinski definition) is 0. The zero-order valence-electron chi connectivity index (χ0n) is 9.69. The second kappa shape index (κ2) is 4.70. The molecule has 0 aliphatic rings. The van der Waals surface area contributed by atoms with Crippen molar-refractivity contribution >= 4 is 37.1 Å². The average Bonchev–Trinajstić information content (AvgIpc) is 2.64. The minimum Gasteiger partial charge on any atom is -0.228 e. The Morgan fingerprint density at radius 3 is 2.44 bits per heavy atom. The minimum atomic E-state index is -3.18. The number of hydrogen-bond acceptors (Lipinski definition) is 5. The van der Waals surface area contributed by atoms with Crippen LogP contribution in [0.3, 0.4) is 0 Å². The Morgan fingerprint density at radius 2 is 2.00 bits per heavy atom. The standard InChI is InChI=1S/C9H15BrN2O2S2/c1-5-6(10)7-11-12-8(15-7)9(2,3)16(4,13)14/h6H,5H2,1-4H3. The fraction of sp³-hybridized carbons (Fsp3) is 0.778. The smallest absolute Gasteiger partial charge is 0.159 e. The second-order valence-corrected chi connectivity index (χ2v) is 8.78. The van der Waals surface area contributed by atoms with Crippen molar-refractivity contribution in [2.24, 2.45) is 0 Å². The molecule has 1 unspecified atom stereocenters. The maximum atomic E-state index is 11.6. The fourth-order valence-corrected chi connectivity index (χ4v) is 3.15. The third kappa shape index (κ3) is 2.62. The molecule has 1 atom stereocenters. The van der Waals surface area contributed by atoms with E-state index in [2.05, 4.69) is 26.1 Å². The molecular formula is C9H15BrN2O2S2. The molecule has 16 heavy (non-hydrogen) atoms. The Bertz CT molecular complexity index is 468. The Hall–Kier alpha value is -0.0100. The zero-order valence-corrected chi connectivity index (χ0v) is 12.9. The third-order valence-electron chi connectivity index (χ3n) is 2.51. The highest BCUT2D eigenvalue weighted by Crippen LogP contribution is 2.35. The Labute approximate surface area is 109 Å². The second-order valence-electron chi connectivity index (χ2n) is 4.10. The molecule has 0 amide bonds. The molecule has 0 bridgehead atoms. The molecule has 0 aromatic carbocycles. The molecular weight excluding hydrogens is 312 g/mol. The number of aromatic nitrogens is 2. The summed E-state index contributed by atoms with van der Waals surface area (Å²) in [6.45, 7) is 5.34. The summed E-state index contributed by atoms with van der Waals surface area (Å²) in [4.78, 5) is 0.147. The van der Waals surface area contributed by atoms with Crippen LogP contribution in [0.5, 0.6) is 0 Å². The molecule has 0 aliphatic carbocycles. The number of halogens is 1. The lowest BCUT2D eigenvalue weighted by Crippen LogP contribution is -2.27. The van der Waals surface area contributed by atoms with Gasteiger partial charge in [0, 0.05) is 6.26 Å². The lowest BCUT2D eigenvalue weighted by atomic mass is 10.2. The highest BCUT2D eigenvalue weighted by molar-refractivity contribution is 9.09. The van der Waals surface area contributed by atoms with E-state index < -0.39 is 14.6 Å². The number of rotatable bonds is 4. The van der Waals surface area contributed by atoms with Crippen molar-refractivity contribution in [2.75, 3.05) is 6.26 Å². The molecule has 0 radical (unpaired) electrons. The molecule has 1 rings (SSSR count). The number of sulfone groups is 1. The van der Waals surface area contributed by atoms with Crippen molar-refractivity contribution in [1.82, 2.24) is 10.2 Å². The van der Waals surface area contributed by atoms with Crippen molar-refractivity contribution in [2.45, 2.75) is 36.8 Å². The van der Waals surface area contributed by atoms with Crippen LogP contribution in [-0.4, -0.2) is 24.9 Å². The van der Waals surface area contributed by atoms with Crippen molar-refractivity contribution in [3.63, 3.8) is 0 Å². The first-order valence-corrected chi connectivity index (χ1v) is 8.50. The van der Waals surface area contributed by atoms with Crippen LogP contribution in [0.2, 0.25) is 0 Å². The Morgan fingerprint density at radius 1 is 1.44 bits per heavy atom. The summed E-state index contributed by atoms with van der Waals surface area (Å²) < 4.78 is 22.3. The van der Waals surface area contributed by atoms with Gasteiger partial charge < -0.3 is 0 Å². The predicted molar refractivity (Wildman–Crippen MR) is 69.7 cm³/mol. The molecule has 4 nitrogen and oxygen atoms in total. The topological polar surface area (TPSA) is 59.9 Å². The monoisotopic (exact) mass is 326 g/mol. The van der Waals surface area contributed by atoms with Crippen LogP contribution in [-0.2, 0) is 14.6 Å². The van der Waals surface area contributed by atoms with Gasteiger partial charge in [-0.2, -0.15) is 0 Å². The average molecular weight is 327 g/mol. The largest absolute Gasteiger partial charge is 0.228 e. The van der Waals surface area contributed by atoms with E-state index in [9.17, 15) is 8.42 Å². The van der Waals surface area contributed by atoms with Gasteiger partial charge in [0.25, 0.3) is 0 Å². The van der Waals surface area contributed by atoms with E-state index in [4.69, 9.17) is 0 Å². The molecule has 1 aromatic rings. The minimum absolute atomic E-state index is 0.147. The Kier molecular flexibility index (Phi) is 4.13. The molecule has 0 saturated carbocycles. The summed E-state index contributed by atoms with van der Waals surface area (Å²) in [7, 11) is -3.18. The van der Waals surface area contributed by atoms with E-state index in [1.54, 1.807) is 13.8 Å². The molecule has 0 fully saturated rings. The van der Waals surface area contributed by atoms with Crippen molar-refractivity contribution in [3.05, 3.63) is 10.0 Å². The fourth-order valence-electron chi connectivity index (χ4n) is 0.938. The molecule has 92 valence electrons. The summed E-state index contributed by atoms with van der Waals surface area (Å²) >= 11 is 4.83. The first-order chi connectivity index (χ1) is 7.20. The molecule has 0 aliphatic heterocycles. The van der Waals surface area contributed by atoms with Gasteiger partial charge >= 0.3 is 0 Å². The van der Waals surface area contributed by atoms with E-state index in [1.807, 2.05) is 6.92 Å². The van der Waals surface area contributed by atoms with Crippen molar-refractivity contribution in [3.8, 4) is 0 Å². The summed E-state index contributed by atoms with van der Waals surface area (Å²) in [5, 5.41) is 9.38. The van der Waals surface area contributed by atoms with Gasteiger partial charge in [-0.1, -0.05) is 34.2 Å². The van der Waals surface area contributed by atoms with Gasteiger partial charge in [-0.3, -0.25) is 0 Å². The van der Waals surface area contributed by atoms with Crippen LogP contribution in [0.25, 0.3) is 0 Å². The summed E-state index contributed by atoms with van der Waals surface area (Å²) in [5.41, 5.74) is 0. The molecule has 1 aromatic heterocycles. The first kappa shape index (κ1) is 14.1. The maximum absolute atomic E-state index is 11.6. The van der Waals surface area contributed by atoms with Crippen LogP contribution < -0.4 is 0 Å². The van der Waals surface area contributed by atoms with Gasteiger partial charge in [-0.25, -0.2) is 8.42 Å². The van der Waals surface area contributed by atoms with Crippen LogP contribution >= 0.6 is 27.3 Å². The quantitative estimate of drug-likeness (QED) is 0.798. The predicted octanol–water partition coefficient (Wildman–Crippen LogP) is 2.66. The van der Waals surface area contributed by atoms with E-state index in [0.29, 0.717) is 5.01 Å². The van der Waals surface area contributed by atoms with Gasteiger partial charge in [0.15, 0.2) is 9.84 Å². The van der Waals surface area contributed by atoms with E-state index in [1.165, 1.54) is 17.6 Å². The summed E-state index contributed by atoms with van der Waals surface area (Å²) in [5.74, 6) is 0. The summed E-state index contributed by atoms with van der Waals surface area (Å²) in [6, 6.07) is 0. The zero-order chi connectivity index (χ0) is 12.6. The lowest BCUT2D eigenvalue weighted by molar-refractivity contribution is 0.558. The third-order valence-corrected chi connectivity index (χ3v) is 7.43. The number of alkyl halides is 1. The highest BCUT2D eigenvalue weighted by Gasteiger charge is 2.36. The van der Waals surface area contributed by atoms with Crippen LogP contribution in [0.1, 0.15) is 42.0 Å². The van der Waals surface area contributed by atoms with Gasteiger partial charge in [-0.15, -0.1) is 10.2 Å². The van der Waals surface area contributed by atoms with Crippen LogP contribution in [0, 0.1) is 0 Å². The van der Waals surface area contributed by atoms with Crippen LogP contribution in [0.4, 0.5) is 0 Å². The van der Waals surface area contributed by atoms with Crippen molar-refractivity contribution < 1.29 is 8.42 Å². The van der Waals surface area contributed by atoms with Gasteiger partial charge in [0.2, 0.25) is 0 Å². The van der Waals surface area contributed by atoms with Gasteiger partial charge in [0.05, 0.1) is 4.83 Å². The molecule has 1 heterocycles. The maximum Gasteiger partial charge on any atom is 0.159 e. The normalized spacial score (nSPS) is 15.1.